The average Bonchev–Trinajstić information content (AvgIpc) is 3.14. The lowest BCUT2D eigenvalue weighted by Crippen LogP contribution is -2.61. The highest BCUT2D eigenvalue weighted by molar-refractivity contribution is 5.89. The molecule has 5 atom stereocenters. The number of carbonyl (C=O) groups is 2. The van der Waals surface area contributed by atoms with E-state index >= 15 is 0 Å². The standard InChI is InChI=1S/C39H32O15/c40-23-9-1-20(2-10-23)5-15-30(45)50-19-29-37(53-31(46)16-6-21-3-11-24(41)12-4-21)34(48)35(49)39(52-29)54-38-33(47)32-27(44)17-26(43)18-28(32)51-36(38)22-7-13-25(42)14-8-22/h1-18,29,34-35,37,39-44,48-49H,19H2/b15-5+,16-6-/t29-,34-,35-,37-,39+/m1/s1. The van der Waals surface area contributed by atoms with E-state index in [9.17, 15) is 50.1 Å². The molecule has 54 heavy (non-hydrogen) atoms. The Morgan fingerprint density at radius 1 is 0.704 bits per heavy atom. The number of ether oxygens (including phenoxy) is 4. The first-order valence-corrected chi connectivity index (χ1v) is 16.2. The zero-order valence-corrected chi connectivity index (χ0v) is 27.9. The molecule has 0 saturated carbocycles. The van der Waals surface area contributed by atoms with Crippen LogP contribution >= 0.6 is 0 Å². The summed E-state index contributed by atoms with van der Waals surface area (Å²) in [4.78, 5) is 39.5. The average molecular weight is 741 g/mol. The van der Waals surface area contributed by atoms with E-state index in [0.717, 1.165) is 24.3 Å². The highest BCUT2D eigenvalue weighted by Crippen LogP contribution is 2.38. The lowest BCUT2D eigenvalue weighted by molar-refractivity contribution is -0.281. The van der Waals surface area contributed by atoms with E-state index in [4.69, 9.17) is 23.4 Å². The van der Waals surface area contributed by atoms with Crippen LogP contribution in [-0.2, 0) is 23.8 Å². The van der Waals surface area contributed by atoms with Crippen molar-refractivity contribution in [3.8, 4) is 45.8 Å². The van der Waals surface area contributed by atoms with Crippen LogP contribution in [-0.4, -0.2) is 85.0 Å². The molecule has 0 radical (unpaired) electrons. The van der Waals surface area contributed by atoms with Gasteiger partial charge in [-0.1, -0.05) is 24.3 Å². The summed E-state index contributed by atoms with van der Waals surface area (Å²) in [5.74, 6) is -3.95. The van der Waals surface area contributed by atoms with Gasteiger partial charge >= 0.3 is 11.9 Å². The number of rotatable bonds is 10. The molecule has 0 amide bonds. The number of aromatic hydroxyl groups is 5. The molecular formula is C39H32O15. The smallest absolute Gasteiger partial charge is 0.331 e. The van der Waals surface area contributed by atoms with Crippen LogP contribution < -0.4 is 10.2 Å². The predicted octanol–water partition coefficient (Wildman–Crippen LogP) is 3.70. The zero-order chi connectivity index (χ0) is 38.5. The first-order chi connectivity index (χ1) is 25.9. The number of aliphatic hydroxyl groups excluding tert-OH is 2. The number of phenolic OH excluding ortho intramolecular Hbond substituents is 5. The fourth-order valence-corrected chi connectivity index (χ4v) is 5.46. The van der Waals surface area contributed by atoms with E-state index in [1.165, 1.54) is 72.8 Å². The fourth-order valence-electron chi connectivity index (χ4n) is 5.46. The molecule has 1 aliphatic heterocycles. The summed E-state index contributed by atoms with van der Waals surface area (Å²) >= 11 is 0. The van der Waals surface area contributed by atoms with Gasteiger partial charge < -0.3 is 59.1 Å². The minimum absolute atomic E-state index is 0.00556. The zero-order valence-electron chi connectivity index (χ0n) is 27.9. The van der Waals surface area contributed by atoms with E-state index in [0.29, 0.717) is 11.1 Å². The lowest BCUT2D eigenvalue weighted by Gasteiger charge is -2.41. The van der Waals surface area contributed by atoms with E-state index in [-0.39, 0.29) is 34.2 Å². The predicted molar refractivity (Wildman–Crippen MR) is 189 cm³/mol. The van der Waals surface area contributed by atoms with Gasteiger partial charge in [0.1, 0.15) is 64.6 Å². The third-order valence-electron chi connectivity index (χ3n) is 8.17. The van der Waals surface area contributed by atoms with E-state index in [1.54, 1.807) is 12.1 Å². The molecule has 7 N–H and O–H groups in total. The third kappa shape index (κ3) is 8.45. The number of hydrogen-bond acceptors (Lipinski definition) is 15. The molecule has 6 rings (SSSR count). The number of fused-ring (bicyclic) bond motifs is 1. The summed E-state index contributed by atoms with van der Waals surface area (Å²) in [5, 5.41) is 71.5. The highest BCUT2D eigenvalue weighted by atomic mass is 16.7. The van der Waals surface area contributed by atoms with Crippen molar-refractivity contribution < 1.29 is 68.7 Å². The Morgan fingerprint density at radius 3 is 1.85 bits per heavy atom. The van der Waals surface area contributed by atoms with Crippen LogP contribution in [0.4, 0.5) is 0 Å². The normalized spacial score (nSPS) is 19.9. The summed E-state index contributed by atoms with van der Waals surface area (Å²) in [5.41, 5.74) is 0.0313. The van der Waals surface area contributed by atoms with Crippen LogP contribution in [0, 0.1) is 0 Å². The van der Waals surface area contributed by atoms with Crippen molar-refractivity contribution in [1.82, 2.24) is 0 Å². The molecule has 5 aromatic rings. The van der Waals surface area contributed by atoms with Gasteiger partial charge in [-0.2, -0.15) is 0 Å². The second kappa shape index (κ2) is 15.8. The van der Waals surface area contributed by atoms with Crippen LogP contribution in [0.5, 0.6) is 34.5 Å². The second-order valence-corrected chi connectivity index (χ2v) is 12.0. The van der Waals surface area contributed by atoms with Gasteiger partial charge in [0.05, 0.1) is 0 Å². The number of phenols is 5. The van der Waals surface area contributed by atoms with Crippen LogP contribution in [0.2, 0.25) is 0 Å². The minimum atomic E-state index is -2.01. The fraction of sp³-hybridized carbons (Fsp3) is 0.154. The summed E-state index contributed by atoms with van der Waals surface area (Å²) in [7, 11) is 0. The molecule has 2 heterocycles. The number of benzene rings is 4. The van der Waals surface area contributed by atoms with Crippen LogP contribution in [0.25, 0.3) is 34.4 Å². The number of hydrogen-bond donors (Lipinski definition) is 7. The minimum Gasteiger partial charge on any atom is -0.508 e. The van der Waals surface area contributed by atoms with Crippen molar-refractivity contribution in [1.29, 1.82) is 0 Å². The molecule has 0 unspecified atom stereocenters. The van der Waals surface area contributed by atoms with Gasteiger partial charge in [-0.05, 0) is 71.8 Å². The van der Waals surface area contributed by atoms with Crippen molar-refractivity contribution in [3.63, 3.8) is 0 Å². The van der Waals surface area contributed by atoms with Crippen molar-refractivity contribution in [2.75, 3.05) is 6.61 Å². The molecule has 0 spiro atoms. The molecule has 1 aromatic heterocycles. The topological polar surface area (TPSA) is 243 Å². The Hall–Kier alpha value is -6.81. The maximum atomic E-state index is 13.8. The van der Waals surface area contributed by atoms with Crippen LogP contribution in [0.3, 0.4) is 0 Å². The van der Waals surface area contributed by atoms with Gasteiger partial charge in [-0.15, -0.1) is 0 Å². The van der Waals surface area contributed by atoms with E-state index in [1.807, 2.05) is 0 Å². The first-order valence-electron chi connectivity index (χ1n) is 16.2. The van der Waals surface area contributed by atoms with E-state index in [2.05, 4.69) is 0 Å². The Labute approximate surface area is 305 Å². The van der Waals surface area contributed by atoms with Gasteiger partial charge in [0.15, 0.2) is 11.9 Å². The maximum absolute atomic E-state index is 13.8. The molecule has 15 heteroatoms. The van der Waals surface area contributed by atoms with Gasteiger partial charge in [0.2, 0.25) is 17.5 Å². The van der Waals surface area contributed by atoms with Crippen LogP contribution in [0.15, 0.2) is 106 Å². The Kier molecular flexibility index (Phi) is 10.8. The molecule has 0 aliphatic carbocycles. The molecule has 278 valence electrons. The SMILES string of the molecule is O=C(/C=C\c1ccc(O)cc1)O[C@H]1[C@H](O)[C@@H](O)[C@H](Oc2c(-c3ccc(O)cc3)oc3cc(O)cc(O)c3c2=O)O[C@@H]1COC(=O)/C=C/c1ccc(O)cc1. The monoisotopic (exact) mass is 740 g/mol. The Morgan fingerprint density at radius 2 is 1.26 bits per heavy atom. The van der Waals surface area contributed by atoms with E-state index < -0.39 is 77.3 Å². The Bertz CT molecular complexity index is 2260. The van der Waals surface area contributed by atoms with Gasteiger partial charge in [-0.25, -0.2) is 9.59 Å². The number of esters is 2. The van der Waals surface area contributed by atoms with Gasteiger partial charge in [0.25, 0.3) is 0 Å². The van der Waals surface area contributed by atoms with Crippen molar-refractivity contribution in [3.05, 3.63) is 118 Å². The second-order valence-electron chi connectivity index (χ2n) is 12.0. The first kappa shape index (κ1) is 37.0. The quantitative estimate of drug-likeness (QED) is 0.0798. The molecule has 1 aliphatic rings. The maximum Gasteiger partial charge on any atom is 0.331 e. The summed E-state index contributed by atoms with van der Waals surface area (Å²) < 4.78 is 28.4. The van der Waals surface area contributed by atoms with Gasteiger partial charge in [-0.3, -0.25) is 4.79 Å². The summed E-state index contributed by atoms with van der Waals surface area (Å²) in [6.07, 6.45) is -4.20. The molecule has 1 fully saturated rings. The Balaban J connectivity index is 1.30. The lowest BCUT2D eigenvalue weighted by atomic mass is 9.98. The highest BCUT2D eigenvalue weighted by Gasteiger charge is 2.49. The summed E-state index contributed by atoms with van der Waals surface area (Å²) in [6.45, 7) is -0.667. The number of carbonyl (C=O) groups excluding carboxylic acids is 2. The largest absolute Gasteiger partial charge is 0.508 e. The van der Waals surface area contributed by atoms with Crippen molar-refractivity contribution >= 4 is 35.1 Å². The molecule has 4 aromatic carbocycles. The molecule has 0 bridgehead atoms. The van der Waals surface area contributed by atoms with Crippen LogP contribution in [0.1, 0.15) is 11.1 Å². The van der Waals surface area contributed by atoms with Crippen molar-refractivity contribution in [2.24, 2.45) is 0 Å². The van der Waals surface area contributed by atoms with Gasteiger partial charge in [0, 0.05) is 29.8 Å². The number of aliphatic hydroxyl groups is 2. The summed E-state index contributed by atoms with van der Waals surface area (Å²) in [6, 6.07) is 19.1. The molecule has 1 saturated heterocycles. The van der Waals surface area contributed by atoms with Crippen molar-refractivity contribution in [2.45, 2.75) is 30.7 Å². The molecular weight excluding hydrogens is 708 g/mol. The third-order valence-corrected chi connectivity index (χ3v) is 8.17. The molecule has 15 nitrogen and oxygen atoms in total.